The van der Waals surface area contributed by atoms with Crippen molar-refractivity contribution in [2.75, 3.05) is 37.8 Å². The second kappa shape index (κ2) is 6.41. The molecule has 0 amide bonds. The lowest BCUT2D eigenvalue weighted by Gasteiger charge is -2.26. The molecule has 3 heterocycles. The third kappa shape index (κ3) is 3.04. The van der Waals surface area contributed by atoms with Gasteiger partial charge in [-0.25, -0.2) is 9.97 Å². The van der Waals surface area contributed by atoms with Gasteiger partial charge in [0, 0.05) is 13.1 Å². The molecule has 0 aromatic carbocycles. The molecule has 0 atom stereocenters. The summed E-state index contributed by atoms with van der Waals surface area (Å²) < 4.78 is 0. The number of likely N-dealkylation sites (tertiary alicyclic amines) is 1. The van der Waals surface area contributed by atoms with Crippen LogP contribution in [0.25, 0.3) is 11.0 Å². The first kappa shape index (κ1) is 13.6. The first-order valence-corrected chi connectivity index (χ1v) is 8.30. The standard InChI is InChI=1S/C13H20N6S/c1-20-13-16-11(10-9-15-18-12(10)17-13)14-5-8-19-6-3-2-4-7-19/h9H,2-8H2,1H3,(H2,14,15,16,17,18). The molecule has 1 fully saturated rings. The molecule has 2 aromatic heterocycles. The maximum Gasteiger partial charge on any atom is 0.191 e. The van der Waals surface area contributed by atoms with Crippen molar-refractivity contribution < 1.29 is 0 Å². The number of aromatic amines is 1. The Balaban J connectivity index is 1.65. The predicted octanol–water partition coefficient (Wildman–Crippen LogP) is 1.97. The van der Waals surface area contributed by atoms with Crippen LogP contribution < -0.4 is 5.32 Å². The van der Waals surface area contributed by atoms with E-state index in [1.807, 2.05) is 6.26 Å². The largest absolute Gasteiger partial charge is 0.368 e. The zero-order valence-electron chi connectivity index (χ0n) is 11.7. The normalized spacial score (nSPS) is 16.6. The molecule has 108 valence electrons. The number of piperidine rings is 1. The quantitative estimate of drug-likeness (QED) is 0.648. The lowest BCUT2D eigenvalue weighted by Crippen LogP contribution is -2.33. The van der Waals surface area contributed by atoms with Gasteiger partial charge in [-0.3, -0.25) is 5.10 Å². The fourth-order valence-corrected chi connectivity index (χ4v) is 2.92. The molecular weight excluding hydrogens is 272 g/mol. The number of nitrogens with one attached hydrogen (secondary N) is 2. The minimum atomic E-state index is 0.766. The van der Waals surface area contributed by atoms with Crippen molar-refractivity contribution in [2.45, 2.75) is 24.4 Å². The average molecular weight is 292 g/mol. The van der Waals surface area contributed by atoms with Crippen LogP contribution in [0, 0.1) is 0 Å². The summed E-state index contributed by atoms with van der Waals surface area (Å²) in [6.07, 6.45) is 7.80. The van der Waals surface area contributed by atoms with Crippen LogP contribution in [0.4, 0.5) is 5.82 Å². The fourth-order valence-electron chi connectivity index (χ4n) is 2.56. The molecule has 0 bridgehead atoms. The number of nitrogens with zero attached hydrogens (tertiary/aromatic N) is 4. The number of aromatic nitrogens is 4. The summed E-state index contributed by atoms with van der Waals surface area (Å²) >= 11 is 1.54. The van der Waals surface area contributed by atoms with Gasteiger partial charge in [-0.1, -0.05) is 18.2 Å². The number of fused-ring (bicyclic) bond motifs is 1. The van der Waals surface area contributed by atoms with Crippen LogP contribution in [0.5, 0.6) is 0 Å². The third-order valence-corrected chi connectivity index (χ3v) is 4.19. The number of thioether (sulfide) groups is 1. The first-order valence-electron chi connectivity index (χ1n) is 7.08. The Morgan fingerprint density at radius 2 is 2.15 bits per heavy atom. The summed E-state index contributed by atoms with van der Waals surface area (Å²) in [4.78, 5) is 11.4. The van der Waals surface area contributed by atoms with E-state index in [1.54, 1.807) is 18.0 Å². The Morgan fingerprint density at radius 1 is 1.30 bits per heavy atom. The molecule has 2 N–H and O–H groups in total. The van der Waals surface area contributed by atoms with E-state index in [0.29, 0.717) is 0 Å². The van der Waals surface area contributed by atoms with Crippen LogP contribution in [-0.2, 0) is 0 Å². The Morgan fingerprint density at radius 3 is 2.95 bits per heavy atom. The van der Waals surface area contributed by atoms with Crippen molar-refractivity contribution >= 4 is 28.6 Å². The highest BCUT2D eigenvalue weighted by Gasteiger charge is 2.11. The molecule has 0 spiro atoms. The summed E-state index contributed by atoms with van der Waals surface area (Å²) in [7, 11) is 0. The van der Waals surface area contributed by atoms with Crippen LogP contribution in [0.3, 0.4) is 0 Å². The van der Waals surface area contributed by atoms with Crippen molar-refractivity contribution in [3.05, 3.63) is 6.20 Å². The summed E-state index contributed by atoms with van der Waals surface area (Å²) in [5.41, 5.74) is 0.796. The molecule has 20 heavy (non-hydrogen) atoms. The Labute approximate surface area is 122 Å². The summed E-state index contributed by atoms with van der Waals surface area (Å²) in [6.45, 7) is 4.42. The van der Waals surface area contributed by atoms with E-state index in [-0.39, 0.29) is 0 Å². The molecule has 1 aliphatic heterocycles. The zero-order valence-corrected chi connectivity index (χ0v) is 12.5. The second-order valence-corrected chi connectivity index (χ2v) is 5.79. The van der Waals surface area contributed by atoms with Crippen molar-refractivity contribution in [2.24, 2.45) is 0 Å². The Kier molecular flexibility index (Phi) is 4.37. The van der Waals surface area contributed by atoms with Crippen LogP contribution >= 0.6 is 11.8 Å². The van der Waals surface area contributed by atoms with E-state index in [9.17, 15) is 0 Å². The minimum absolute atomic E-state index is 0.766. The van der Waals surface area contributed by atoms with Crippen LogP contribution in [-0.4, -0.2) is 57.5 Å². The van der Waals surface area contributed by atoms with Gasteiger partial charge in [-0.2, -0.15) is 5.10 Å². The molecule has 0 saturated carbocycles. The second-order valence-electron chi connectivity index (χ2n) is 5.02. The van der Waals surface area contributed by atoms with E-state index in [1.165, 1.54) is 32.4 Å². The summed E-state index contributed by atoms with van der Waals surface area (Å²) in [5.74, 6) is 0.880. The van der Waals surface area contributed by atoms with Gasteiger partial charge in [0.1, 0.15) is 5.82 Å². The van der Waals surface area contributed by atoms with Crippen molar-refractivity contribution in [3.63, 3.8) is 0 Å². The highest BCUT2D eigenvalue weighted by molar-refractivity contribution is 7.98. The maximum absolute atomic E-state index is 4.54. The van der Waals surface area contributed by atoms with Gasteiger partial charge in [0.25, 0.3) is 0 Å². The first-order chi connectivity index (χ1) is 9.86. The smallest absolute Gasteiger partial charge is 0.191 e. The average Bonchev–Trinajstić information content (AvgIpc) is 2.96. The van der Waals surface area contributed by atoms with E-state index >= 15 is 0 Å². The minimum Gasteiger partial charge on any atom is -0.368 e. The molecule has 1 saturated heterocycles. The number of hydrogen-bond acceptors (Lipinski definition) is 6. The highest BCUT2D eigenvalue weighted by Crippen LogP contribution is 2.21. The van der Waals surface area contributed by atoms with E-state index in [4.69, 9.17) is 0 Å². The molecule has 0 aliphatic carbocycles. The van der Waals surface area contributed by atoms with Crippen LogP contribution in [0.15, 0.2) is 11.4 Å². The van der Waals surface area contributed by atoms with Gasteiger partial charge < -0.3 is 10.2 Å². The van der Waals surface area contributed by atoms with E-state index in [2.05, 4.69) is 30.4 Å². The van der Waals surface area contributed by atoms with Gasteiger partial charge in [-0.15, -0.1) is 0 Å². The Bertz CT molecular complexity index is 563. The SMILES string of the molecule is CSc1nc(NCCN2CCCCC2)c2cn[nH]c2n1. The van der Waals surface area contributed by atoms with Gasteiger partial charge >= 0.3 is 0 Å². The lowest BCUT2D eigenvalue weighted by atomic mass is 10.1. The predicted molar refractivity (Wildman–Crippen MR) is 82.2 cm³/mol. The zero-order chi connectivity index (χ0) is 13.8. The highest BCUT2D eigenvalue weighted by atomic mass is 32.2. The van der Waals surface area contributed by atoms with Gasteiger partial charge in [0.05, 0.1) is 11.6 Å². The Hall–Kier alpha value is -1.34. The number of H-pyrrole nitrogens is 1. The number of anilines is 1. The van der Waals surface area contributed by atoms with Crippen molar-refractivity contribution in [1.29, 1.82) is 0 Å². The van der Waals surface area contributed by atoms with Gasteiger partial charge in [0.15, 0.2) is 10.8 Å². The molecule has 7 heteroatoms. The fraction of sp³-hybridized carbons (Fsp3) is 0.615. The van der Waals surface area contributed by atoms with E-state index < -0.39 is 0 Å². The van der Waals surface area contributed by atoms with Gasteiger partial charge in [0.2, 0.25) is 0 Å². The number of rotatable bonds is 5. The molecular formula is C13H20N6S. The molecule has 1 aliphatic rings. The molecule has 0 unspecified atom stereocenters. The van der Waals surface area contributed by atoms with Crippen molar-refractivity contribution in [1.82, 2.24) is 25.1 Å². The van der Waals surface area contributed by atoms with Crippen molar-refractivity contribution in [3.8, 4) is 0 Å². The third-order valence-electron chi connectivity index (χ3n) is 3.64. The van der Waals surface area contributed by atoms with E-state index in [0.717, 1.165) is 35.1 Å². The molecule has 6 nitrogen and oxygen atoms in total. The van der Waals surface area contributed by atoms with Crippen LogP contribution in [0.2, 0.25) is 0 Å². The number of hydrogen-bond donors (Lipinski definition) is 2. The molecule has 3 rings (SSSR count). The molecule has 2 aromatic rings. The monoisotopic (exact) mass is 292 g/mol. The summed E-state index contributed by atoms with van der Waals surface area (Å²) in [5, 5.41) is 12.1. The van der Waals surface area contributed by atoms with Crippen LogP contribution in [0.1, 0.15) is 19.3 Å². The van der Waals surface area contributed by atoms with Gasteiger partial charge in [-0.05, 0) is 32.2 Å². The topological polar surface area (TPSA) is 69.7 Å². The lowest BCUT2D eigenvalue weighted by molar-refractivity contribution is 0.237. The summed E-state index contributed by atoms with van der Waals surface area (Å²) in [6, 6.07) is 0. The molecule has 0 radical (unpaired) electrons. The maximum atomic E-state index is 4.54.